The Balaban J connectivity index is 1.10. The van der Waals surface area contributed by atoms with Gasteiger partial charge in [0.2, 0.25) is 11.8 Å². The number of imidazole rings is 1. The smallest absolute Gasteiger partial charge is 0.228 e. The number of hydrogen-bond acceptors (Lipinski definition) is 3. The van der Waals surface area contributed by atoms with Crippen molar-refractivity contribution in [2.24, 2.45) is 5.92 Å². The van der Waals surface area contributed by atoms with Gasteiger partial charge in [0.05, 0.1) is 23.9 Å². The highest BCUT2D eigenvalue weighted by atomic mass is 16.2. The number of nitrogens with zero attached hydrogens (tertiary/aromatic N) is 3. The van der Waals surface area contributed by atoms with Gasteiger partial charge in [-0.3, -0.25) is 9.59 Å². The number of benzene rings is 3. The van der Waals surface area contributed by atoms with Crippen molar-refractivity contribution >= 4 is 17.5 Å². The summed E-state index contributed by atoms with van der Waals surface area (Å²) in [5.41, 5.74) is 8.02. The molecule has 0 saturated carbocycles. The number of rotatable bonds is 4. The quantitative estimate of drug-likeness (QED) is 0.340. The second-order valence-corrected chi connectivity index (χ2v) is 10.7. The van der Waals surface area contributed by atoms with E-state index in [4.69, 9.17) is 0 Å². The average molecular weight is 503 g/mol. The molecule has 0 radical (unpaired) electrons. The Kier molecular flexibility index (Phi) is 5.61. The molecule has 38 heavy (non-hydrogen) atoms. The molecular formula is C32H30N4O2. The minimum absolute atomic E-state index is 0.0248. The fraction of sp³-hybridized carbons (Fsp3) is 0.281. The molecule has 2 atom stereocenters. The Bertz CT molecular complexity index is 1530. The summed E-state index contributed by atoms with van der Waals surface area (Å²) in [4.78, 5) is 38.9. The number of carbonyl (C=O) groups excluding carboxylic acids is 2. The second kappa shape index (κ2) is 9.28. The van der Waals surface area contributed by atoms with E-state index in [1.165, 1.54) is 22.3 Å². The summed E-state index contributed by atoms with van der Waals surface area (Å²) < 4.78 is 0. The van der Waals surface area contributed by atoms with E-state index in [0.29, 0.717) is 13.1 Å². The molecule has 1 N–H and O–H groups in total. The fourth-order valence-corrected chi connectivity index (χ4v) is 6.41. The fourth-order valence-electron chi connectivity index (χ4n) is 6.41. The third-order valence-corrected chi connectivity index (χ3v) is 8.34. The van der Waals surface area contributed by atoms with Crippen LogP contribution in [0.3, 0.4) is 0 Å². The molecular weight excluding hydrogens is 472 g/mol. The van der Waals surface area contributed by atoms with Crippen LogP contribution in [0.25, 0.3) is 22.4 Å². The lowest BCUT2D eigenvalue weighted by atomic mass is 9.98. The van der Waals surface area contributed by atoms with Gasteiger partial charge < -0.3 is 14.8 Å². The predicted molar refractivity (Wildman–Crippen MR) is 147 cm³/mol. The lowest BCUT2D eigenvalue weighted by molar-refractivity contribution is -0.139. The topological polar surface area (TPSA) is 69.3 Å². The lowest BCUT2D eigenvalue weighted by Crippen LogP contribution is -2.43. The highest BCUT2D eigenvalue weighted by Gasteiger charge is 2.40. The molecule has 0 spiro atoms. The van der Waals surface area contributed by atoms with Crippen molar-refractivity contribution < 1.29 is 9.59 Å². The van der Waals surface area contributed by atoms with Gasteiger partial charge in [-0.15, -0.1) is 0 Å². The first kappa shape index (κ1) is 23.0. The number of anilines is 1. The Morgan fingerprint density at radius 1 is 0.921 bits per heavy atom. The van der Waals surface area contributed by atoms with Gasteiger partial charge in [-0.1, -0.05) is 60.7 Å². The summed E-state index contributed by atoms with van der Waals surface area (Å²) in [6, 6.07) is 24.8. The number of aromatic amines is 1. The zero-order valence-corrected chi connectivity index (χ0v) is 21.3. The van der Waals surface area contributed by atoms with E-state index in [1.807, 2.05) is 40.3 Å². The van der Waals surface area contributed by atoms with E-state index >= 15 is 0 Å². The van der Waals surface area contributed by atoms with E-state index in [2.05, 4.69) is 58.5 Å². The van der Waals surface area contributed by atoms with Crippen LogP contribution < -0.4 is 4.90 Å². The van der Waals surface area contributed by atoms with E-state index in [9.17, 15) is 9.59 Å². The van der Waals surface area contributed by atoms with Crippen LogP contribution in [-0.2, 0) is 16.0 Å². The number of likely N-dealkylation sites (tertiary alicyclic amines) is 1. The standard InChI is InChI=1S/C32H30N4O2/c37-30-18-24(20-36(30)25-13-14-27-23(17-25)16-22-10-4-5-11-26(22)27)32(38)35-15-7-6-12-29(35)31-33-19-28(34-31)21-8-2-1-3-9-21/h1-5,8-11,13-14,17,19,24,29H,6-7,12,15-16,18,20H2,(H,33,34). The molecule has 6 heteroatoms. The molecule has 1 aromatic heterocycles. The average Bonchev–Trinajstić information content (AvgIpc) is 3.70. The molecule has 190 valence electrons. The van der Waals surface area contributed by atoms with E-state index in [1.54, 1.807) is 0 Å². The number of fused-ring (bicyclic) bond motifs is 3. The zero-order valence-electron chi connectivity index (χ0n) is 21.3. The van der Waals surface area contributed by atoms with Crippen LogP contribution in [0.1, 0.15) is 48.7 Å². The van der Waals surface area contributed by atoms with E-state index < -0.39 is 0 Å². The van der Waals surface area contributed by atoms with Gasteiger partial charge in [0.25, 0.3) is 0 Å². The SMILES string of the molecule is O=C1CC(C(=O)N2CCCCC2c2ncc(-c3ccccc3)[nH]2)CN1c1ccc2c(c1)Cc1ccccc1-2. The van der Waals surface area contributed by atoms with Crippen LogP contribution in [0.4, 0.5) is 5.69 Å². The summed E-state index contributed by atoms with van der Waals surface area (Å²) in [6.07, 6.45) is 5.91. The molecule has 2 unspecified atom stereocenters. The van der Waals surface area contributed by atoms with Crippen molar-refractivity contribution in [2.45, 2.75) is 38.1 Å². The minimum Gasteiger partial charge on any atom is -0.340 e. The van der Waals surface area contributed by atoms with Gasteiger partial charge in [-0.25, -0.2) is 4.98 Å². The molecule has 4 aromatic rings. The Labute approximate surface area is 222 Å². The van der Waals surface area contributed by atoms with Gasteiger partial charge in [-0.05, 0) is 65.6 Å². The number of nitrogens with one attached hydrogen (secondary N) is 1. The highest BCUT2D eigenvalue weighted by Crippen LogP contribution is 2.40. The van der Waals surface area contributed by atoms with Crippen molar-refractivity contribution in [3.05, 3.63) is 95.9 Å². The molecule has 2 fully saturated rings. The number of piperidine rings is 1. The first-order valence-corrected chi connectivity index (χ1v) is 13.6. The largest absolute Gasteiger partial charge is 0.340 e. The number of amides is 2. The number of H-pyrrole nitrogens is 1. The van der Waals surface area contributed by atoms with Crippen LogP contribution >= 0.6 is 0 Å². The van der Waals surface area contributed by atoms with Crippen LogP contribution in [-0.4, -0.2) is 39.8 Å². The maximum Gasteiger partial charge on any atom is 0.228 e. The van der Waals surface area contributed by atoms with Crippen LogP contribution in [0, 0.1) is 5.92 Å². The number of aromatic nitrogens is 2. The third-order valence-electron chi connectivity index (χ3n) is 8.34. The van der Waals surface area contributed by atoms with Gasteiger partial charge in [0.15, 0.2) is 0 Å². The van der Waals surface area contributed by atoms with Gasteiger partial charge in [0, 0.05) is 25.2 Å². The zero-order chi connectivity index (χ0) is 25.6. The van der Waals surface area contributed by atoms with Crippen molar-refractivity contribution in [1.29, 1.82) is 0 Å². The monoisotopic (exact) mass is 502 g/mol. The van der Waals surface area contributed by atoms with Crippen molar-refractivity contribution in [2.75, 3.05) is 18.0 Å². The highest BCUT2D eigenvalue weighted by molar-refractivity contribution is 6.01. The van der Waals surface area contributed by atoms with Crippen molar-refractivity contribution in [3.63, 3.8) is 0 Å². The van der Waals surface area contributed by atoms with E-state index in [-0.39, 0.29) is 30.2 Å². The normalized spacial score (nSPS) is 20.5. The molecule has 2 saturated heterocycles. The van der Waals surface area contributed by atoms with Crippen molar-refractivity contribution in [3.8, 4) is 22.4 Å². The van der Waals surface area contributed by atoms with Crippen LogP contribution in [0.15, 0.2) is 79.0 Å². The summed E-state index contributed by atoms with van der Waals surface area (Å²) in [6.45, 7) is 1.13. The van der Waals surface area contributed by atoms with Crippen molar-refractivity contribution in [1.82, 2.24) is 14.9 Å². The van der Waals surface area contributed by atoms with Crippen LogP contribution in [0.2, 0.25) is 0 Å². The van der Waals surface area contributed by atoms with Gasteiger partial charge in [-0.2, -0.15) is 0 Å². The Morgan fingerprint density at radius 2 is 1.74 bits per heavy atom. The predicted octanol–water partition coefficient (Wildman–Crippen LogP) is 5.75. The summed E-state index contributed by atoms with van der Waals surface area (Å²) in [5.74, 6) is 0.585. The van der Waals surface area contributed by atoms with Gasteiger partial charge >= 0.3 is 0 Å². The molecule has 6 nitrogen and oxygen atoms in total. The second-order valence-electron chi connectivity index (χ2n) is 10.7. The number of carbonyl (C=O) groups is 2. The first-order valence-electron chi connectivity index (χ1n) is 13.6. The molecule has 3 aromatic carbocycles. The van der Waals surface area contributed by atoms with E-state index in [0.717, 1.165) is 48.5 Å². The molecule has 3 heterocycles. The lowest BCUT2D eigenvalue weighted by Gasteiger charge is -2.36. The maximum atomic E-state index is 13.8. The summed E-state index contributed by atoms with van der Waals surface area (Å²) >= 11 is 0. The molecule has 7 rings (SSSR count). The molecule has 1 aliphatic carbocycles. The minimum atomic E-state index is -0.336. The van der Waals surface area contributed by atoms with Crippen LogP contribution in [0.5, 0.6) is 0 Å². The molecule has 3 aliphatic rings. The Morgan fingerprint density at radius 3 is 2.63 bits per heavy atom. The van der Waals surface area contributed by atoms with Gasteiger partial charge in [0.1, 0.15) is 5.82 Å². The first-order chi connectivity index (χ1) is 18.7. The summed E-state index contributed by atoms with van der Waals surface area (Å²) in [7, 11) is 0. The number of hydrogen-bond donors (Lipinski definition) is 1. The molecule has 2 aliphatic heterocycles. The third kappa shape index (κ3) is 3.92. The Hall–Kier alpha value is -4.19. The molecule has 0 bridgehead atoms. The maximum absolute atomic E-state index is 13.8. The molecule has 2 amide bonds. The summed E-state index contributed by atoms with van der Waals surface area (Å²) in [5, 5.41) is 0.